The van der Waals surface area contributed by atoms with E-state index < -0.39 is 6.10 Å². The first-order valence-electron chi connectivity index (χ1n) is 12.9. The van der Waals surface area contributed by atoms with Crippen LogP contribution in [0.15, 0.2) is 36.7 Å². The van der Waals surface area contributed by atoms with Crippen LogP contribution in [0.1, 0.15) is 54.2 Å². The minimum Gasteiger partial charge on any atom is -0.390 e. The molecular weight excluding hydrogens is 440 g/mol. The number of nitrogens with one attached hydrogen (secondary N) is 2. The van der Waals surface area contributed by atoms with E-state index in [2.05, 4.69) is 74.5 Å². The second-order valence-corrected chi connectivity index (χ2v) is 9.88. The molecule has 2 aliphatic rings. The van der Waals surface area contributed by atoms with Crippen molar-refractivity contribution in [1.82, 2.24) is 20.2 Å². The lowest BCUT2D eigenvalue weighted by atomic mass is 9.86. The standard InChI is InChI=1S/C27H38N6O2/c1-3-32(2)16-20-8-10-23(11-9-20)31-26-14-25(29-19-30-26)27(35)28-15-24(34)18-33-13-12-21-6-4-5-7-22(21)17-33/h4-7,14,16,19-20,23-24,34H,3,8-13,15,17-18H2,1-2H3,(H-,28,29,30,31,35)/p+1/t20?,23?,24-/m0/s1. The number of carbonyl (C=O) groups is 1. The SMILES string of the molecule is CC[N+](C)=CC1CCC(Nc2cc(C(=O)NC[C@H](O)CN3CCc4ccccc4C3)ncn2)CC1. The van der Waals surface area contributed by atoms with E-state index in [0.29, 0.717) is 30.0 Å². The zero-order valence-electron chi connectivity index (χ0n) is 21.0. The Labute approximate surface area is 208 Å². The highest BCUT2D eigenvalue weighted by Gasteiger charge is 2.23. The number of aliphatic hydroxyl groups excluding tert-OH is 1. The second-order valence-electron chi connectivity index (χ2n) is 9.88. The van der Waals surface area contributed by atoms with Crippen LogP contribution in [0.2, 0.25) is 0 Å². The molecule has 1 amide bonds. The van der Waals surface area contributed by atoms with E-state index in [9.17, 15) is 9.90 Å². The van der Waals surface area contributed by atoms with Crippen molar-refractivity contribution in [2.24, 2.45) is 5.92 Å². The first-order valence-corrected chi connectivity index (χ1v) is 12.9. The van der Waals surface area contributed by atoms with E-state index >= 15 is 0 Å². The fourth-order valence-corrected chi connectivity index (χ4v) is 5.02. The number of carbonyl (C=O) groups excluding carboxylic acids is 1. The van der Waals surface area contributed by atoms with Crippen LogP contribution in [0.4, 0.5) is 5.82 Å². The van der Waals surface area contributed by atoms with Gasteiger partial charge in [-0.05, 0) is 50.2 Å². The molecule has 2 heterocycles. The van der Waals surface area contributed by atoms with Gasteiger partial charge in [0.1, 0.15) is 37.6 Å². The van der Waals surface area contributed by atoms with Crippen LogP contribution in [0.3, 0.4) is 0 Å². The van der Waals surface area contributed by atoms with Gasteiger partial charge in [0.2, 0.25) is 0 Å². The van der Waals surface area contributed by atoms with E-state index in [0.717, 1.165) is 51.7 Å². The van der Waals surface area contributed by atoms with Crippen molar-refractivity contribution in [2.75, 3.05) is 38.5 Å². The molecule has 0 unspecified atom stereocenters. The van der Waals surface area contributed by atoms with Crippen LogP contribution in [0.25, 0.3) is 0 Å². The van der Waals surface area contributed by atoms with Crippen LogP contribution < -0.4 is 10.6 Å². The lowest BCUT2D eigenvalue weighted by molar-refractivity contribution is -0.490. The average Bonchev–Trinajstić information content (AvgIpc) is 2.88. The van der Waals surface area contributed by atoms with Crippen LogP contribution in [0.5, 0.6) is 0 Å². The van der Waals surface area contributed by atoms with E-state index in [1.807, 2.05) is 0 Å². The van der Waals surface area contributed by atoms with Crippen molar-refractivity contribution in [2.45, 2.75) is 57.7 Å². The molecular formula is C27H39N6O2+. The Hall–Kier alpha value is -2.84. The fraction of sp³-hybridized carbons (Fsp3) is 0.556. The van der Waals surface area contributed by atoms with E-state index in [4.69, 9.17) is 0 Å². The van der Waals surface area contributed by atoms with Gasteiger partial charge in [-0.25, -0.2) is 14.5 Å². The van der Waals surface area contributed by atoms with Crippen LogP contribution in [0, 0.1) is 5.92 Å². The molecule has 0 spiro atoms. The summed E-state index contributed by atoms with van der Waals surface area (Å²) in [6.45, 7) is 5.67. The van der Waals surface area contributed by atoms with Gasteiger partial charge >= 0.3 is 0 Å². The third-order valence-corrected chi connectivity index (χ3v) is 7.16. The number of aromatic nitrogens is 2. The Balaban J connectivity index is 1.22. The Morgan fingerprint density at radius 3 is 2.77 bits per heavy atom. The van der Waals surface area contributed by atoms with Gasteiger partial charge in [-0.3, -0.25) is 9.69 Å². The van der Waals surface area contributed by atoms with E-state index in [-0.39, 0.29) is 12.5 Å². The fourth-order valence-electron chi connectivity index (χ4n) is 5.02. The first-order chi connectivity index (χ1) is 17.0. The molecule has 1 aromatic carbocycles. The summed E-state index contributed by atoms with van der Waals surface area (Å²) in [7, 11) is 2.13. The maximum Gasteiger partial charge on any atom is 0.270 e. The third kappa shape index (κ3) is 7.32. The smallest absolute Gasteiger partial charge is 0.270 e. The number of benzene rings is 1. The lowest BCUT2D eigenvalue weighted by Crippen LogP contribution is -2.42. The summed E-state index contributed by atoms with van der Waals surface area (Å²) in [5, 5.41) is 16.8. The number of aliphatic hydroxyl groups is 1. The normalized spacial score (nSPS) is 21.7. The predicted octanol–water partition coefficient (Wildman–Crippen LogP) is 2.33. The summed E-state index contributed by atoms with van der Waals surface area (Å²) in [5.41, 5.74) is 3.01. The average molecular weight is 480 g/mol. The highest BCUT2D eigenvalue weighted by molar-refractivity contribution is 5.92. The van der Waals surface area contributed by atoms with Crippen molar-refractivity contribution in [1.29, 1.82) is 0 Å². The first kappa shape index (κ1) is 25.3. The quantitative estimate of drug-likeness (QED) is 0.378. The maximum absolute atomic E-state index is 12.7. The molecule has 2 aromatic rings. The minimum absolute atomic E-state index is 0.191. The molecule has 3 N–H and O–H groups in total. The summed E-state index contributed by atoms with van der Waals surface area (Å²) in [5.74, 6) is 1.02. The molecule has 1 fully saturated rings. The maximum atomic E-state index is 12.7. The highest BCUT2D eigenvalue weighted by atomic mass is 16.3. The third-order valence-electron chi connectivity index (χ3n) is 7.16. The van der Waals surface area contributed by atoms with Gasteiger partial charge < -0.3 is 15.7 Å². The number of amides is 1. The summed E-state index contributed by atoms with van der Waals surface area (Å²) < 4.78 is 2.26. The summed E-state index contributed by atoms with van der Waals surface area (Å²) in [4.78, 5) is 23.3. The van der Waals surface area contributed by atoms with Gasteiger partial charge in [0.25, 0.3) is 5.91 Å². The molecule has 188 valence electrons. The lowest BCUT2D eigenvalue weighted by Gasteiger charge is -2.30. The van der Waals surface area contributed by atoms with Gasteiger partial charge in [0.15, 0.2) is 0 Å². The number of nitrogens with zero attached hydrogens (tertiary/aromatic N) is 4. The van der Waals surface area contributed by atoms with Gasteiger partial charge in [-0.1, -0.05) is 24.3 Å². The number of hydrogen-bond acceptors (Lipinski definition) is 6. The molecule has 8 nitrogen and oxygen atoms in total. The molecule has 0 bridgehead atoms. The van der Waals surface area contributed by atoms with Crippen LogP contribution >= 0.6 is 0 Å². The number of fused-ring (bicyclic) bond motifs is 1. The molecule has 1 atom stereocenters. The molecule has 0 radical (unpaired) electrons. The Morgan fingerprint density at radius 1 is 1.23 bits per heavy atom. The summed E-state index contributed by atoms with van der Waals surface area (Å²) >= 11 is 0. The molecule has 1 aliphatic heterocycles. The van der Waals surface area contributed by atoms with Crippen LogP contribution in [-0.2, 0) is 13.0 Å². The van der Waals surface area contributed by atoms with Crippen molar-refractivity contribution in [3.8, 4) is 0 Å². The number of anilines is 1. The van der Waals surface area contributed by atoms with E-state index in [1.54, 1.807) is 6.07 Å². The molecule has 0 saturated heterocycles. The molecule has 35 heavy (non-hydrogen) atoms. The van der Waals surface area contributed by atoms with Gasteiger partial charge in [-0.2, -0.15) is 0 Å². The Bertz CT molecular complexity index is 1020. The molecule has 4 rings (SSSR count). The van der Waals surface area contributed by atoms with Gasteiger partial charge in [-0.15, -0.1) is 0 Å². The Morgan fingerprint density at radius 2 is 2.00 bits per heavy atom. The summed E-state index contributed by atoms with van der Waals surface area (Å²) in [6, 6.07) is 10.5. The largest absolute Gasteiger partial charge is 0.390 e. The number of hydrogen-bond donors (Lipinski definition) is 3. The van der Waals surface area contributed by atoms with Crippen LogP contribution in [-0.4, -0.2) is 82.0 Å². The molecule has 1 aliphatic carbocycles. The molecule has 1 saturated carbocycles. The summed E-state index contributed by atoms with van der Waals surface area (Å²) in [6.07, 6.45) is 8.59. The Kier molecular flexibility index (Phi) is 8.82. The number of rotatable bonds is 9. The van der Waals surface area contributed by atoms with Crippen molar-refractivity contribution >= 4 is 17.9 Å². The highest BCUT2D eigenvalue weighted by Crippen LogP contribution is 2.25. The van der Waals surface area contributed by atoms with Crippen molar-refractivity contribution < 1.29 is 14.5 Å². The monoisotopic (exact) mass is 479 g/mol. The van der Waals surface area contributed by atoms with Crippen molar-refractivity contribution in [3.05, 3.63) is 53.5 Å². The topological polar surface area (TPSA) is 93.4 Å². The zero-order chi connectivity index (χ0) is 24.6. The molecule has 1 aromatic heterocycles. The number of β-amino-alcohol motifs (C(OH)–C–C–N with tert-alkyl or cyclic N) is 1. The zero-order valence-corrected chi connectivity index (χ0v) is 21.0. The van der Waals surface area contributed by atoms with Gasteiger partial charge in [0, 0.05) is 44.2 Å². The molecule has 8 heteroatoms. The second kappa shape index (κ2) is 12.2. The van der Waals surface area contributed by atoms with Crippen molar-refractivity contribution in [3.63, 3.8) is 0 Å². The van der Waals surface area contributed by atoms with Gasteiger partial charge in [0.05, 0.1) is 6.10 Å². The van der Waals surface area contributed by atoms with E-state index in [1.165, 1.54) is 17.5 Å². The predicted molar refractivity (Wildman–Crippen MR) is 138 cm³/mol. The minimum atomic E-state index is -0.637.